The first-order valence-corrected chi connectivity index (χ1v) is 11.9. The number of benzene rings is 3. The molecule has 0 aliphatic heterocycles. The van der Waals surface area contributed by atoms with Gasteiger partial charge in [0, 0.05) is 18.3 Å². The third-order valence-corrected chi connectivity index (χ3v) is 6.76. The molecule has 7 heteroatoms. The molecule has 0 bridgehead atoms. The van der Waals surface area contributed by atoms with E-state index in [4.69, 9.17) is 0 Å². The topological polar surface area (TPSA) is 81.1 Å². The van der Waals surface area contributed by atoms with E-state index in [9.17, 15) is 13.2 Å². The minimum absolute atomic E-state index is 0.000163. The fourth-order valence-electron chi connectivity index (χ4n) is 3.40. The lowest BCUT2D eigenvalue weighted by Crippen LogP contribution is -2.29. The Morgan fingerprint density at radius 2 is 1.62 bits per heavy atom. The van der Waals surface area contributed by atoms with Crippen LogP contribution in [0.3, 0.4) is 0 Å². The van der Waals surface area contributed by atoms with Crippen LogP contribution in [0, 0.1) is 6.92 Å². The number of sulfone groups is 1. The van der Waals surface area contributed by atoms with Crippen LogP contribution in [0.1, 0.15) is 15.9 Å². The van der Waals surface area contributed by atoms with Crippen molar-refractivity contribution in [2.24, 2.45) is 0 Å². The molecule has 0 saturated carbocycles. The largest absolute Gasteiger partial charge is 0.351 e. The molecule has 4 aromatic rings. The van der Waals surface area contributed by atoms with Crippen molar-refractivity contribution in [2.75, 3.05) is 12.3 Å². The van der Waals surface area contributed by atoms with E-state index < -0.39 is 9.84 Å². The number of aryl methyl sites for hydroxylation is 1. The lowest BCUT2D eigenvalue weighted by molar-refractivity contribution is 0.0956. The summed E-state index contributed by atoms with van der Waals surface area (Å²) in [7, 11) is -3.48. The van der Waals surface area contributed by atoms with Crippen molar-refractivity contribution in [1.29, 1.82) is 0 Å². The molecule has 0 saturated heterocycles. The summed E-state index contributed by atoms with van der Waals surface area (Å²) in [6.45, 7) is 1.98. The van der Waals surface area contributed by atoms with Crippen LogP contribution in [-0.2, 0) is 9.84 Å². The number of carbonyl (C=O) groups excluding carboxylic acids is 1. The van der Waals surface area contributed by atoms with Gasteiger partial charge in [-0.1, -0.05) is 60.2 Å². The van der Waals surface area contributed by atoms with Crippen LogP contribution < -0.4 is 5.32 Å². The smallest absolute Gasteiger partial charge is 0.255 e. The molecule has 1 heterocycles. The van der Waals surface area contributed by atoms with E-state index in [1.807, 2.05) is 61.5 Å². The Morgan fingerprint density at radius 3 is 2.31 bits per heavy atom. The molecule has 0 fully saturated rings. The molecule has 0 atom stereocenters. The predicted molar refractivity (Wildman–Crippen MR) is 125 cm³/mol. The van der Waals surface area contributed by atoms with Crippen LogP contribution in [0.25, 0.3) is 16.9 Å². The molecule has 0 aliphatic carbocycles. The highest BCUT2D eigenvalue weighted by Crippen LogP contribution is 2.24. The molecule has 162 valence electrons. The third kappa shape index (κ3) is 4.78. The van der Waals surface area contributed by atoms with Crippen LogP contribution >= 0.6 is 0 Å². The average molecular weight is 446 g/mol. The van der Waals surface area contributed by atoms with Crippen LogP contribution in [-0.4, -0.2) is 36.4 Å². The number of aromatic nitrogens is 2. The minimum Gasteiger partial charge on any atom is -0.351 e. The summed E-state index contributed by atoms with van der Waals surface area (Å²) < 4.78 is 26.7. The van der Waals surface area contributed by atoms with Gasteiger partial charge in [0.15, 0.2) is 9.84 Å². The van der Waals surface area contributed by atoms with Crippen LogP contribution in [0.15, 0.2) is 96.0 Å². The number of carbonyl (C=O) groups is 1. The molecule has 0 aliphatic rings. The Labute approximate surface area is 187 Å². The first-order chi connectivity index (χ1) is 15.4. The number of hydrogen-bond donors (Lipinski definition) is 1. The normalized spacial score (nSPS) is 11.3. The Bertz CT molecular complexity index is 1330. The van der Waals surface area contributed by atoms with Crippen molar-refractivity contribution in [3.05, 3.63) is 102 Å². The molecule has 1 aromatic heterocycles. The van der Waals surface area contributed by atoms with E-state index in [0.29, 0.717) is 11.3 Å². The molecule has 1 N–H and O–H groups in total. The van der Waals surface area contributed by atoms with Gasteiger partial charge in [-0.2, -0.15) is 5.10 Å². The standard InChI is InChI=1S/C25H23N3O3S/c1-19-9-8-10-20(17-19)24-23(18-28(27-24)21-11-4-2-5-12-21)25(29)26-15-16-32(30,31)22-13-6-3-7-14-22/h2-14,17-18H,15-16H2,1H3,(H,26,29). The number of nitrogens with zero attached hydrogens (tertiary/aromatic N) is 2. The lowest BCUT2D eigenvalue weighted by atomic mass is 10.1. The van der Waals surface area contributed by atoms with Gasteiger partial charge in [0.1, 0.15) is 5.69 Å². The summed E-state index contributed by atoms with van der Waals surface area (Å²) in [5.41, 5.74) is 3.63. The average Bonchev–Trinajstić information content (AvgIpc) is 3.26. The highest BCUT2D eigenvalue weighted by molar-refractivity contribution is 7.91. The van der Waals surface area contributed by atoms with Gasteiger partial charge in [0.05, 0.1) is 21.9 Å². The molecule has 6 nitrogen and oxygen atoms in total. The zero-order valence-corrected chi connectivity index (χ0v) is 18.4. The maximum atomic E-state index is 13.0. The highest BCUT2D eigenvalue weighted by atomic mass is 32.2. The second-order valence-corrected chi connectivity index (χ2v) is 9.54. The Balaban J connectivity index is 1.59. The second kappa shape index (κ2) is 9.20. The van der Waals surface area contributed by atoms with Crippen molar-refractivity contribution in [2.45, 2.75) is 11.8 Å². The molecule has 32 heavy (non-hydrogen) atoms. The predicted octanol–water partition coefficient (Wildman–Crippen LogP) is 4.05. The Hall–Kier alpha value is -3.71. The zero-order chi connectivity index (χ0) is 22.6. The summed E-state index contributed by atoms with van der Waals surface area (Å²) in [4.78, 5) is 13.3. The molecule has 1 amide bonds. The number of nitrogens with one attached hydrogen (secondary N) is 1. The zero-order valence-electron chi connectivity index (χ0n) is 17.6. The molecule has 0 unspecified atom stereocenters. The van der Waals surface area contributed by atoms with Gasteiger partial charge in [-0.15, -0.1) is 0 Å². The Morgan fingerprint density at radius 1 is 0.938 bits per heavy atom. The van der Waals surface area contributed by atoms with Gasteiger partial charge in [-0.25, -0.2) is 13.1 Å². The maximum Gasteiger partial charge on any atom is 0.255 e. The van der Waals surface area contributed by atoms with Gasteiger partial charge >= 0.3 is 0 Å². The van der Waals surface area contributed by atoms with E-state index in [1.54, 1.807) is 41.2 Å². The van der Waals surface area contributed by atoms with E-state index >= 15 is 0 Å². The lowest BCUT2D eigenvalue weighted by Gasteiger charge is -2.07. The molecule has 0 radical (unpaired) electrons. The molecular formula is C25H23N3O3S. The number of rotatable bonds is 7. The van der Waals surface area contributed by atoms with Crippen LogP contribution in [0.5, 0.6) is 0 Å². The molecule has 3 aromatic carbocycles. The summed E-state index contributed by atoms with van der Waals surface area (Å²) in [5.74, 6) is -0.554. The number of para-hydroxylation sites is 1. The monoisotopic (exact) mass is 445 g/mol. The van der Waals surface area contributed by atoms with Gasteiger partial charge in [-0.3, -0.25) is 4.79 Å². The van der Waals surface area contributed by atoms with E-state index in [1.165, 1.54) is 0 Å². The van der Waals surface area contributed by atoms with E-state index in [-0.39, 0.29) is 23.1 Å². The summed E-state index contributed by atoms with van der Waals surface area (Å²) in [6, 6.07) is 25.5. The SMILES string of the molecule is Cc1cccc(-c2nn(-c3ccccc3)cc2C(=O)NCCS(=O)(=O)c2ccccc2)c1. The Kier molecular flexibility index (Phi) is 6.18. The van der Waals surface area contributed by atoms with Gasteiger partial charge in [0.25, 0.3) is 5.91 Å². The van der Waals surface area contributed by atoms with E-state index in [2.05, 4.69) is 10.4 Å². The van der Waals surface area contributed by atoms with Crippen molar-refractivity contribution >= 4 is 15.7 Å². The highest BCUT2D eigenvalue weighted by Gasteiger charge is 2.20. The quantitative estimate of drug-likeness (QED) is 0.465. The summed E-state index contributed by atoms with van der Waals surface area (Å²) in [6.07, 6.45) is 1.67. The minimum atomic E-state index is -3.48. The molecule has 0 spiro atoms. The molecular weight excluding hydrogens is 422 g/mol. The second-order valence-electron chi connectivity index (χ2n) is 7.43. The van der Waals surface area contributed by atoms with Crippen molar-refractivity contribution in [3.63, 3.8) is 0 Å². The van der Waals surface area contributed by atoms with Gasteiger partial charge < -0.3 is 5.32 Å². The summed E-state index contributed by atoms with van der Waals surface area (Å²) >= 11 is 0. The fourth-order valence-corrected chi connectivity index (χ4v) is 4.58. The number of amides is 1. The fraction of sp³-hybridized carbons (Fsp3) is 0.120. The van der Waals surface area contributed by atoms with Crippen molar-refractivity contribution < 1.29 is 13.2 Å². The third-order valence-electron chi connectivity index (χ3n) is 5.03. The van der Waals surface area contributed by atoms with Gasteiger partial charge in [-0.05, 0) is 37.3 Å². The van der Waals surface area contributed by atoms with Crippen LogP contribution in [0.2, 0.25) is 0 Å². The van der Waals surface area contributed by atoms with Gasteiger partial charge in [0.2, 0.25) is 0 Å². The first kappa shape index (κ1) is 21.5. The molecule has 4 rings (SSSR count). The first-order valence-electron chi connectivity index (χ1n) is 10.2. The summed E-state index contributed by atoms with van der Waals surface area (Å²) in [5, 5.41) is 7.40. The van der Waals surface area contributed by atoms with Crippen molar-refractivity contribution in [3.8, 4) is 16.9 Å². The van der Waals surface area contributed by atoms with Crippen molar-refractivity contribution in [1.82, 2.24) is 15.1 Å². The van der Waals surface area contributed by atoms with Crippen LogP contribution in [0.4, 0.5) is 0 Å². The number of hydrogen-bond acceptors (Lipinski definition) is 4. The maximum absolute atomic E-state index is 13.0. The van der Waals surface area contributed by atoms with E-state index in [0.717, 1.165) is 16.8 Å².